The van der Waals surface area contributed by atoms with Gasteiger partial charge in [-0.2, -0.15) is 11.8 Å². The molecule has 0 radical (unpaired) electrons. The Bertz CT molecular complexity index is 373. The van der Waals surface area contributed by atoms with E-state index in [9.17, 15) is 9.90 Å². The molecule has 1 spiro atoms. The van der Waals surface area contributed by atoms with Crippen molar-refractivity contribution >= 4 is 17.7 Å². The van der Waals surface area contributed by atoms with Gasteiger partial charge in [0.2, 0.25) is 0 Å². The van der Waals surface area contributed by atoms with Gasteiger partial charge in [0.25, 0.3) is 0 Å². The third-order valence-corrected chi connectivity index (χ3v) is 6.03. The topological polar surface area (TPSA) is 75.8 Å². The molecule has 0 aromatic heterocycles. The number of carboxylic acids is 1. The molecule has 19 heavy (non-hydrogen) atoms. The van der Waals surface area contributed by atoms with Crippen LogP contribution in [-0.2, 0) is 9.53 Å². The number of carboxylic acid groups (broad SMARTS) is 1. The molecule has 3 fully saturated rings. The molecule has 0 amide bonds. The molecule has 3 unspecified atom stereocenters. The fraction of sp³-hybridized carbons (Fsp3) is 0.923. The van der Waals surface area contributed by atoms with Gasteiger partial charge in [-0.1, -0.05) is 0 Å². The lowest BCUT2D eigenvalue weighted by Gasteiger charge is -2.41. The van der Waals surface area contributed by atoms with Crippen LogP contribution >= 0.6 is 11.8 Å². The summed E-state index contributed by atoms with van der Waals surface area (Å²) in [5, 5.41) is 9.21. The van der Waals surface area contributed by atoms with Crippen molar-refractivity contribution in [3.05, 3.63) is 0 Å². The fourth-order valence-electron chi connectivity index (χ4n) is 3.53. The summed E-state index contributed by atoms with van der Waals surface area (Å²) in [6, 6.07) is 0.442. The number of nitrogens with two attached hydrogens (primary N) is 1. The lowest BCUT2D eigenvalue weighted by molar-refractivity contribution is -0.143. The summed E-state index contributed by atoms with van der Waals surface area (Å²) in [7, 11) is 0. The number of hydrogen-bond donors (Lipinski definition) is 2. The third-order valence-electron chi connectivity index (χ3n) is 4.81. The summed E-state index contributed by atoms with van der Waals surface area (Å²) in [6.07, 6.45) is 3.73. The van der Waals surface area contributed by atoms with Crippen molar-refractivity contribution in [1.82, 2.24) is 4.90 Å². The van der Waals surface area contributed by atoms with Crippen molar-refractivity contribution in [1.29, 1.82) is 0 Å². The first kappa shape index (κ1) is 13.7. The molecule has 108 valence electrons. The maximum Gasteiger partial charge on any atom is 0.325 e. The van der Waals surface area contributed by atoms with Crippen LogP contribution in [0.3, 0.4) is 0 Å². The number of ether oxygens (including phenoxy) is 1. The van der Waals surface area contributed by atoms with Crippen LogP contribution in [0.2, 0.25) is 0 Å². The van der Waals surface area contributed by atoms with Crippen molar-refractivity contribution in [2.24, 2.45) is 5.73 Å². The van der Waals surface area contributed by atoms with E-state index in [2.05, 4.69) is 4.90 Å². The molecule has 0 aromatic carbocycles. The van der Waals surface area contributed by atoms with Crippen LogP contribution < -0.4 is 5.73 Å². The molecule has 3 N–H and O–H groups in total. The zero-order chi connectivity index (χ0) is 13.5. The molecule has 3 saturated heterocycles. The summed E-state index contributed by atoms with van der Waals surface area (Å²) in [4.78, 5) is 13.5. The predicted molar refractivity (Wildman–Crippen MR) is 74.4 cm³/mol. The monoisotopic (exact) mass is 286 g/mol. The Labute approximate surface area is 117 Å². The minimum atomic E-state index is -1.05. The smallest absolute Gasteiger partial charge is 0.325 e. The molecule has 3 aliphatic heterocycles. The second kappa shape index (κ2) is 4.91. The van der Waals surface area contributed by atoms with Crippen molar-refractivity contribution in [2.75, 3.05) is 31.2 Å². The van der Waals surface area contributed by atoms with Gasteiger partial charge in [0.05, 0.1) is 5.60 Å². The molecule has 3 rings (SSSR count). The van der Waals surface area contributed by atoms with E-state index in [1.54, 1.807) is 0 Å². The Morgan fingerprint density at radius 3 is 2.95 bits per heavy atom. The number of thioether (sulfide) groups is 1. The maximum atomic E-state index is 11.2. The van der Waals surface area contributed by atoms with E-state index in [0.29, 0.717) is 19.0 Å². The fourth-order valence-corrected chi connectivity index (χ4v) is 4.90. The first-order chi connectivity index (χ1) is 9.03. The number of likely N-dealkylation sites (tertiary alicyclic amines) is 1. The largest absolute Gasteiger partial charge is 0.480 e. The van der Waals surface area contributed by atoms with Gasteiger partial charge in [-0.3, -0.25) is 9.69 Å². The number of nitrogens with zero attached hydrogens (tertiary/aromatic N) is 1. The summed E-state index contributed by atoms with van der Waals surface area (Å²) in [5.41, 5.74) is 4.97. The molecule has 3 heterocycles. The van der Waals surface area contributed by atoms with E-state index in [1.807, 2.05) is 11.8 Å². The molecule has 0 aliphatic carbocycles. The van der Waals surface area contributed by atoms with Gasteiger partial charge in [0, 0.05) is 31.5 Å². The van der Waals surface area contributed by atoms with Crippen LogP contribution in [0.5, 0.6) is 0 Å². The van der Waals surface area contributed by atoms with Crippen LogP contribution in [0.25, 0.3) is 0 Å². The molecule has 6 heteroatoms. The number of carbonyl (C=O) groups is 1. The summed E-state index contributed by atoms with van der Waals surface area (Å²) in [5.74, 6) is 1.40. The summed E-state index contributed by atoms with van der Waals surface area (Å²) in [6.45, 7) is 2.08. The second-order valence-electron chi connectivity index (χ2n) is 6.16. The number of hydrogen-bond acceptors (Lipinski definition) is 5. The molecule has 0 saturated carbocycles. The highest BCUT2D eigenvalue weighted by Crippen LogP contribution is 2.40. The normalized spacial score (nSPS) is 43.9. The van der Waals surface area contributed by atoms with Gasteiger partial charge < -0.3 is 15.6 Å². The van der Waals surface area contributed by atoms with Gasteiger partial charge in [0.15, 0.2) is 0 Å². The SMILES string of the molecule is NC1(C(=O)O)CCN(C2CCOC3(CCSC3)C2)C1. The summed E-state index contributed by atoms with van der Waals surface area (Å²) < 4.78 is 6.02. The lowest BCUT2D eigenvalue weighted by Crippen LogP contribution is -2.53. The van der Waals surface area contributed by atoms with Crippen LogP contribution in [0, 0.1) is 0 Å². The zero-order valence-electron chi connectivity index (χ0n) is 11.1. The quantitative estimate of drug-likeness (QED) is 0.771. The highest BCUT2D eigenvalue weighted by atomic mass is 32.2. The molecule has 0 bridgehead atoms. The third kappa shape index (κ3) is 2.51. The van der Waals surface area contributed by atoms with E-state index in [0.717, 1.165) is 38.2 Å². The van der Waals surface area contributed by atoms with Gasteiger partial charge in [-0.05, 0) is 31.4 Å². The van der Waals surface area contributed by atoms with E-state index < -0.39 is 11.5 Å². The first-order valence-electron chi connectivity index (χ1n) is 7.01. The van der Waals surface area contributed by atoms with Gasteiger partial charge >= 0.3 is 5.97 Å². The molecule has 3 aliphatic rings. The Balaban J connectivity index is 1.65. The van der Waals surface area contributed by atoms with Crippen molar-refractivity contribution in [3.63, 3.8) is 0 Å². The summed E-state index contributed by atoms with van der Waals surface area (Å²) >= 11 is 1.97. The van der Waals surface area contributed by atoms with Crippen LogP contribution in [0.4, 0.5) is 0 Å². The van der Waals surface area contributed by atoms with E-state index in [1.165, 1.54) is 5.75 Å². The molecule has 3 atom stereocenters. The minimum Gasteiger partial charge on any atom is -0.480 e. The van der Waals surface area contributed by atoms with E-state index >= 15 is 0 Å². The van der Waals surface area contributed by atoms with Gasteiger partial charge in [0.1, 0.15) is 5.54 Å². The molecule has 0 aromatic rings. The number of rotatable bonds is 2. The van der Waals surface area contributed by atoms with Crippen molar-refractivity contribution in [3.8, 4) is 0 Å². The van der Waals surface area contributed by atoms with E-state index in [4.69, 9.17) is 10.5 Å². The Morgan fingerprint density at radius 2 is 2.32 bits per heavy atom. The van der Waals surface area contributed by atoms with E-state index in [-0.39, 0.29) is 5.60 Å². The second-order valence-corrected chi connectivity index (χ2v) is 7.27. The average molecular weight is 286 g/mol. The van der Waals surface area contributed by atoms with Crippen LogP contribution in [0.1, 0.15) is 25.7 Å². The van der Waals surface area contributed by atoms with Crippen LogP contribution in [-0.4, -0.2) is 64.4 Å². The Kier molecular flexibility index (Phi) is 3.53. The highest BCUT2D eigenvalue weighted by Gasteiger charge is 2.47. The Hall–Kier alpha value is -0.300. The van der Waals surface area contributed by atoms with Crippen molar-refractivity contribution in [2.45, 2.75) is 42.9 Å². The number of aliphatic carboxylic acids is 1. The van der Waals surface area contributed by atoms with Crippen molar-refractivity contribution < 1.29 is 14.6 Å². The molecular weight excluding hydrogens is 264 g/mol. The molecular formula is C13H22N2O3S. The average Bonchev–Trinajstić information content (AvgIpc) is 2.98. The van der Waals surface area contributed by atoms with Gasteiger partial charge in [-0.15, -0.1) is 0 Å². The maximum absolute atomic E-state index is 11.2. The minimum absolute atomic E-state index is 0.0522. The zero-order valence-corrected chi connectivity index (χ0v) is 12.0. The predicted octanol–water partition coefficient (Wildman–Crippen LogP) is 0.529. The molecule has 5 nitrogen and oxygen atoms in total. The van der Waals surface area contributed by atoms with Crippen LogP contribution in [0.15, 0.2) is 0 Å². The van der Waals surface area contributed by atoms with Gasteiger partial charge in [-0.25, -0.2) is 0 Å². The lowest BCUT2D eigenvalue weighted by atomic mass is 9.89. The Morgan fingerprint density at radius 1 is 1.47 bits per heavy atom. The highest BCUT2D eigenvalue weighted by molar-refractivity contribution is 7.99. The standard InChI is InChI=1S/C13H22N2O3S/c14-13(11(16)17)2-4-15(8-13)10-1-5-18-12(7-10)3-6-19-9-12/h10H,1-9,14H2,(H,16,17). The first-order valence-corrected chi connectivity index (χ1v) is 8.17.